The molecule has 190 valence electrons. The van der Waals surface area contributed by atoms with E-state index in [0.29, 0.717) is 0 Å². The predicted molar refractivity (Wildman–Crippen MR) is 139 cm³/mol. The summed E-state index contributed by atoms with van der Waals surface area (Å²) in [5, 5.41) is 18.0. The van der Waals surface area contributed by atoms with E-state index < -0.39 is 35.4 Å². The number of β-amino-alcohol motifs (C(OH)–C–C–N with tert-alkyl or cyclic N) is 1. The zero-order chi connectivity index (χ0) is 25.9. The van der Waals surface area contributed by atoms with E-state index in [2.05, 4.69) is 29.0 Å². The first-order valence-corrected chi connectivity index (χ1v) is 13.1. The Bertz CT molecular complexity index is 1060. The molecule has 0 saturated carbocycles. The maximum atomic E-state index is 13.4. The molecule has 2 heterocycles. The highest BCUT2D eigenvalue weighted by Crippen LogP contribution is 2.30. The molecule has 0 radical (unpaired) electrons. The minimum Gasteiger partial charge on any atom is -0.391 e. The number of hydrogen-bond donors (Lipinski definition) is 3. The lowest BCUT2D eigenvalue weighted by Crippen LogP contribution is -2.58. The molecule has 9 heteroatoms. The zero-order valence-electron chi connectivity index (χ0n) is 20.8. The van der Waals surface area contributed by atoms with Crippen molar-refractivity contribution in [2.75, 3.05) is 12.4 Å². The van der Waals surface area contributed by atoms with Crippen LogP contribution < -0.4 is 10.6 Å². The van der Waals surface area contributed by atoms with Crippen molar-refractivity contribution in [1.82, 2.24) is 15.5 Å². The van der Waals surface area contributed by atoms with Gasteiger partial charge in [-0.1, -0.05) is 45.0 Å². The lowest BCUT2D eigenvalue weighted by molar-refractivity contribution is -0.143. The summed E-state index contributed by atoms with van der Waals surface area (Å²) in [4.78, 5) is 41.2. The number of amides is 3. The monoisotopic (exact) mass is 519 g/mol. The summed E-state index contributed by atoms with van der Waals surface area (Å²) >= 11 is 7.33. The van der Waals surface area contributed by atoms with Crippen LogP contribution in [-0.2, 0) is 14.4 Å². The Hall–Kier alpha value is -2.42. The van der Waals surface area contributed by atoms with Crippen LogP contribution in [0.4, 0.5) is 0 Å². The van der Waals surface area contributed by atoms with E-state index in [0.717, 1.165) is 11.1 Å². The molecule has 0 bridgehead atoms. The molecule has 1 aliphatic rings. The minimum absolute atomic E-state index is 0.0312. The molecule has 1 aromatic carbocycles. The van der Waals surface area contributed by atoms with Crippen LogP contribution in [0, 0.1) is 12.3 Å². The van der Waals surface area contributed by atoms with Gasteiger partial charge in [-0.15, -0.1) is 22.9 Å². The van der Waals surface area contributed by atoms with Crippen molar-refractivity contribution in [3.05, 3.63) is 46.8 Å². The molecule has 3 N–H and O–H groups in total. The lowest BCUT2D eigenvalue weighted by atomic mass is 9.85. The minimum atomic E-state index is -0.875. The first-order chi connectivity index (χ1) is 16.4. The maximum Gasteiger partial charge on any atom is 0.246 e. The van der Waals surface area contributed by atoms with E-state index >= 15 is 0 Å². The van der Waals surface area contributed by atoms with Crippen LogP contribution in [0.2, 0.25) is 0 Å². The van der Waals surface area contributed by atoms with Gasteiger partial charge < -0.3 is 20.6 Å². The molecule has 1 aromatic heterocycles. The quantitative estimate of drug-likeness (QED) is 0.486. The molecule has 0 spiro atoms. The molecule has 0 unspecified atom stereocenters. The Morgan fingerprint density at radius 3 is 2.37 bits per heavy atom. The third-order valence-corrected chi connectivity index (χ3v) is 7.61. The number of carbonyl (C=O) groups excluding carboxylic acids is 3. The number of alkyl halides is 1. The van der Waals surface area contributed by atoms with Crippen molar-refractivity contribution in [1.29, 1.82) is 0 Å². The summed E-state index contributed by atoms with van der Waals surface area (Å²) in [7, 11) is 0. The summed E-state index contributed by atoms with van der Waals surface area (Å²) in [5.41, 5.74) is 2.69. The van der Waals surface area contributed by atoms with Crippen molar-refractivity contribution in [3.63, 3.8) is 0 Å². The number of carbonyl (C=O) groups is 3. The summed E-state index contributed by atoms with van der Waals surface area (Å²) in [6.45, 7) is 9.49. The number of nitrogens with one attached hydrogen (secondary N) is 2. The van der Waals surface area contributed by atoms with Gasteiger partial charge in [0, 0.05) is 17.8 Å². The van der Waals surface area contributed by atoms with Gasteiger partial charge in [-0.2, -0.15) is 0 Å². The highest BCUT2D eigenvalue weighted by Gasteiger charge is 2.44. The largest absolute Gasteiger partial charge is 0.391 e. The molecular formula is C26H34ClN3O4S. The Morgan fingerprint density at radius 1 is 1.17 bits per heavy atom. The van der Waals surface area contributed by atoms with Crippen molar-refractivity contribution in [2.24, 2.45) is 5.41 Å². The highest BCUT2D eigenvalue weighted by atomic mass is 35.5. The van der Waals surface area contributed by atoms with E-state index in [4.69, 9.17) is 11.6 Å². The standard InChI is InChI=1S/C26H34ClN3O4S/c1-15-10-11-35-22(15)18-8-6-17(7-9-18)16(2)28-24(33)20-12-19(31)14-30(20)25(34)23(26(3,4)5)29-21(32)13-27/h6-11,16,19-20,23,31H,12-14H2,1-5H3,(H,28,33)(H,29,32)/t16-,19+,20-,23+/m0/s1. The van der Waals surface area contributed by atoms with E-state index in [1.807, 2.05) is 52.0 Å². The fraction of sp³-hybridized carbons (Fsp3) is 0.500. The number of aliphatic hydroxyl groups is 1. The molecule has 3 rings (SSSR count). The van der Waals surface area contributed by atoms with Crippen LogP contribution in [0.1, 0.15) is 51.3 Å². The second-order valence-corrected chi connectivity index (χ2v) is 11.4. The molecule has 35 heavy (non-hydrogen) atoms. The Balaban J connectivity index is 1.73. The molecule has 4 atom stereocenters. The molecular weight excluding hydrogens is 486 g/mol. The number of likely N-dealkylation sites (tertiary alicyclic amines) is 1. The number of halogens is 1. The fourth-order valence-electron chi connectivity index (χ4n) is 4.30. The van der Waals surface area contributed by atoms with Crippen LogP contribution in [0.15, 0.2) is 35.7 Å². The molecule has 7 nitrogen and oxygen atoms in total. The van der Waals surface area contributed by atoms with Gasteiger partial charge in [-0.05, 0) is 47.4 Å². The van der Waals surface area contributed by atoms with Crippen molar-refractivity contribution in [2.45, 2.75) is 65.3 Å². The summed E-state index contributed by atoms with van der Waals surface area (Å²) in [5.74, 6) is -1.47. The average molecular weight is 520 g/mol. The van der Waals surface area contributed by atoms with Crippen molar-refractivity contribution < 1.29 is 19.5 Å². The Labute approximate surface area is 215 Å². The second kappa shape index (κ2) is 11.1. The van der Waals surface area contributed by atoms with Gasteiger partial charge in [0.05, 0.1) is 12.1 Å². The Morgan fingerprint density at radius 2 is 1.83 bits per heavy atom. The van der Waals surface area contributed by atoms with Gasteiger partial charge in [0.2, 0.25) is 17.7 Å². The number of thiophene rings is 1. The number of rotatable bonds is 7. The van der Waals surface area contributed by atoms with E-state index in [-0.39, 0.29) is 30.8 Å². The number of nitrogens with zero attached hydrogens (tertiary/aromatic N) is 1. The molecule has 1 fully saturated rings. The first kappa shape index (κ1) is 27.2. The Kier molecular flexibility index (Phi) is 8.62. The fourth-order valence-corrected chi connectivity index (χ4v) is 5.32. The topological polar surface area (TPSA) is 98.7 Å². The number of benzene rings is 1. The van der Waals surface area contributed by atoms with E-state index in [1.54, 1.807) is 11.3 Å². The second-order valence-electron chi connectivity index (χ2n) is 10.2. The van der Waals surface area contributed by atoms with Crippen LogP contribution in [-0.4, -0.2) is 58.3 Å². The number of hydrogen-bond acceptors (Lipinski definition) is 5. The van der Waals surface area contributed by atoms with Crippen LogP contribution in [0.3, 0.4) is 0 Å². The lowest BCUT2D eigenvalue weighted by Gasteiger charge is -2.35. The van der Waals surface area contributed by atoms with Gasteiger partial charge in [0.25, 0.3) is 0 Å². The van der Waals surface area contributed by atoms with Gasteiger partial charge in [-0.25, -0.2) is 0 Å². The molecule has 1 saturated heterocycles. The van der Waals surface area contributed by atoms with Gasteiger partial charge in [-0.3, -0.25) is 14.4 Å². The van der Waals surface area contributed by atoms with Gasteiger partial charge in [0.15, 0.2) is 0 Å². The maximum absolute atomic E-state index is 13.4. The zero-order valence-corrected chi connectivity index (χ0v) is 22.4. The normalized spacial score (nSPS) is 19.8. The van der Waals surface area contributed by atoms with Gasteiger partial charge >= 0.3 is 0 Å². The highest BCUT2D eigenvalue weighted by molar-refractivity contribution is 7.13. The van der Waals surface area contributed by atoms with Gasteiger partial charge in [0.1, 0.15) is 18.0 Å². The third kappa shape index (κ3) is 6.42. The molecule has 2 aromatic rings. The number of aryl methyl sites for hydroxylation is 1. The first-order valence-electron chi connectivity index (χ1n) is 11.7. The summed E-state index contributed by atoms with van der Waals surface area (Å²) in [6, 6.07) is 8.16. The smallest absolute Gasteiger partial charge is 0.246 e. The van der Waals surface area contributed by atoms with E-state index in [9.17, 15) is 19.5 Å². The van der Waals surface area contributed by atoms with Crippen molar-refractivity contribution in [3.8, 4) is 10.4 Å². The van der Waals surface area contributed by atoms with Crippen LogP contribution in [0.5, 0.6) is 0 Å². The van der Waals surface area contributed by atoms with Crippen molar-refractivity contribution >= 4 is 40.7 Å². The third-order valence-electron chi connectivity index (χ3n) is 6.30. The average Bonchev–Trinajstić information content (AvgIpc) is 3.41. The molecule has 0 aliphatic carbocycles. The van der Waals surface area contributed by atoms with Crippen LogP contribution >= 0.6 is 22.9 Å². The SMILES string of the molecule is Cc1ccsc1-c1ccc([C@H](C)NC(=O)[C@@H]2C[C@@H](O)CN2C(=O)[C@@H](NC(=O)CCl)C(C)(C)C)cc1. The molecule has 3 amide bonds. The van der Waals surface area contributed by atoms with E-state index in [1.165, 1.54) is 15.3 Å². The number of aliphatic hydroxyl groups excluding tert-OH is 1. The predicted octanol–water partition coefficient (Wildman–Crippen LogP) is 3.63. The summed E-state index contributed by atoms with van der Waals surface area (Å²) in [6.07, 6.45) is -0.677. The van der Waals surface area contributed by atoms with Crippen LogP contribution in [0.25, 0.3) is 10.4 Å². The molecule has 1 aliphatic heterocycles. The summed E-state index contributed by atoms with van der Waals surface area (Å²) < 4.78 is 0.